The van der Waals surface area contributed by atoms with E-state index in [9.17, 15) is 0 Å². The van der Waals surface area contributed by atoms with Crippen LogP contribution in [0.25, 0.3) is 110 Å². The monoisotopic (exact) mass is 672 g/mol. The summed E-state index contributed by atoms with van der Waals surface area (Å²) in [6.07, 6.45) is 0. The number of rotatable bonds is 4. The first kappa shape index (κ1) is 28.2. The first-order valence-corrected chi connectivity index (χ1v) is 17.5. The molecule has 0 atom stereocenters. The quantitative estimate of drug-likeness (QED) is 0.185. The van der Waals surface area contributed by atoms with Crippen molar-refractivity contribution in [2.24, 2.45) is 0 Å². The van der Waals surface area contributed by atoms with Crippen molar-refractivity contribution in [2.45, 2.75) is 0 Å². The molecule has 0 radical (unpaired) electrons. The second-order valence-corrected chi connectivity index (χ2v) is 13.7. The number of benzene rings is 7. The zero-order chi connectivity index (χ0) is 33.5. The van der Waals surface area contributed by atoms with Gasteiger partial charge in [-0.05, 0) is 53.2 Å². The van der Waals surface area contributed by atoms with Gasteiger partial charge in [0, 0.05) is 59.3 Å². The molecule has 0 saturated carbocycles. The Labute approximate surface area is 294 Å². The Kier molecular flexibility index (Phi) is 6.02. The summed E-state index contributed by atoms with van der Waals surface area (Å²) in [4.78, 5) is 20.2. The molecule has 0 saturated heterocycles. The molecule has 0 amide bonds. The lowest BCUT2D eigenvalue weighted by molar-refractivity contribution is 0.620. The van der Waals surface area contributed by atoms with Crippen molar-refractivity contribution in [3.63, 3.8) is 0 Å². The van der Waals surface area contributed by atoms with E-state index in [0.717, 1.165) is 80.9 Å². The SMILES string of the molecule is c1ccc(-c2nc(-c3ccc4c(c3)oc3ccccc34)nc(-c3cccc4sc5cc6oc(-c7ccc8ccccc8c7)nc6cc5c34)n2)cc1. The summed E-state index contributed by atoms with van der Waals surface area (Å²) in [5, 5.41) is 6.65. The van der Waals surface area contributed by atoms with Gasteiger partial charge in [0.05, 0.1) is 0 Å². The van der Waals surface area contributed by atoms with Gasteiger partial charge in [-0.25, -0.2) is 19.9 Å². The smallest absolute Gasteiger partial charge is 0.227 e. The topological polar surface area (TPSA) is 77.8 Å². The van der Waals surface area contributed by atoms with Crippen molar-refractivity contribution in [3.8, 4) is 45.6 Å². The van der Waals surface area contributed by atoms with E-state index >= 15 is 0 Å². The molecule has 7 aromatic carbocycles. The molecule has 11 rings (SSSR count). The summed E-state index contributed by atoms with van der Waals surface area (Å²) < 4.78 is 14.8. The molecule has 11 aromatic rings. The van der Waals surface area contributed by atoms with Crippen LogP contribution < -0.4 is 0 Å². The van der Waals surface area contributed by atoms with Gasteiger partial charge < -0.3 is 8.83 Å². The van der Waals surface area contributed by atoms with Crippen LogP contribution >= 0.6 is 11.3 Å². The zero-order valence-corrected chi connectivity index (χ0v) is 27.7. The molecule has 6 nitrogen and oxygen atoms in total. The first-order valence-electron chi connectivity index (χ1n) is 16.7. The number of hydrogen-bond acceptors (Lipinski definition) is 7. The Hall–Kier alpha value is -6.70. The average Bonchev–Trinajstić information content (AvgIpc) is 3.89. The molecule has 0 unspecified atom stereocenters. The number of hydrogen-bond donors (Lipinski definition) is 0. The maximum Gasteiger partial charge on any atom is 0.227 e. The maximum atomic E-state index is 6.36. The molecule has 4 heterocycles. The van der Waals surface area contributed by atoms with Gasteiger partial charge >= 0.3 is 0 Å². The van der Waals surface area contributed by atoms with Crippen molar-refractivity contribution < 1.29 is 8.83 Å². The van der Waals surface area contributed by atoms with Crippen LogP contribution in [0.2, 0.25) is 0 Å². The molecule has 0 aliphatic heterocycles. The number of thiophene rings is 1. The summed E-state index contributed by atoms with van der Waals surface area (Å²) in [7, 11) is 0. The van der Waals surface area contributed by atoms with Gasteiger partial charge in [0.25, 0.3) is 0 Å². The molecule has 0 fully saturated rings. The lowest BCUT2D eigenvalue weighted by Gasteiger charge is -2.09. The van der Waals surface area contributed by atoms with Crippen molar-refractivity contribution >= 4 is 75.3 Å². The van der Waals surface area contributed by atoms with Gasteiger partial charge in [-0.1, -0.05) is 97.1 Å². The normalized spacial score (nSPS) is 11.9. The van der Waals surface area contributed by atoms with Crippen molar-refractivity contribution in [1.29, 1.82) is 0 Å². The fourth-order valence-electron chi connectivity index (χ4n) is 7.09. The van der Waals surface area contributed by atoms with E-state index in [2.05, 4.69) is 78.9 Å². The molecule has 0 bridgehead atoms. The van der Waals surface area contributed by atoms with Crippen molar-refractivity contribution in [1.82, 2.24) is 19.9 Å². The first-order chi connectivity index (χ1) is 25.2. The second-order valence-electron chi connectivity index (χ2n) is 12.7. The van der Waals surface area contributed by atoms with Crippen LogP contribution in [0.1, 0.15) is 0 Å². The van der Waals surface area contributed by atoms with E-state index < -0.39 is 0 Å². The highest BCUT2D eigenvalue weighted by Crippen LogP contribution is 2.42. The largest absolute Gasteiger partial charge is 0.456 e. The number of furan rings is 1. The van der Waals surface area contributed by atoms with Crippen LogP contribution in [-0.4, -0.2) is 19.9 Å². The van der Waals surface area contributed by atoms with Crippen molar-refractivity contribution in [2.75, 3.05) is 0 Å². The van der Waals surface area contributed by atoms with Gasteiger partial charge in [0.1, 0.15) is 16.7 Å². The molecule has 0 N–H and O–H groups in total. The number of fused-ring (bicyclic) bond motifs is 8. The summed E-state index contributed by atoms with van der Waals surface area (Å²) in [5.41, 5.74) is 6.87. The van der Waals surface area contributed by atoms with Crippen molar-refractivity contribution in [3.05, 3.63) is 146 Å². The van der Waals surface area contributed by atoms with Crippen LogP contribution in [0, 0.1) is 0 Å². The van der Waals surface area contributed by atoms with Gasteiger partial charge in [-0.15, -0.1) is 11.3 Å². The molecule has 238 valence electrons. The Balaban J connectivity index is 1.09. The van der Waals surface area contributed by atoms with E-state index in [1.807, 2.05) is 66.7 Å². The second kappa shape index (κ2) is 10.9. The molecule has 0 aliphatic rings. The third kappa shape index (κ3) is 4.56. The zero-order valence-electron chi connectivity index (χ0n) is 26.9. The standard InChI is InChI=1S/C44H24N4O2S/c1-2-10-26(11-3-1)41-46-42(28-19-20-31-30-13-6-7-15-35(30)49-36(31)22-28)48-43(47-41)32-14-8-16-38-40(32)33-23-34-37(24-39(33)51-38)50-44(45-34)29-18-17-25-9-4-5-12-27(25)21-29/h1-24H. The van der Waals surface area contributed by atoms with Crippen LogP contribution in [0.5, 0.6) is 0 Å². The summed E-state index contributed by atoms with van der Waals surface area (Å²) in [6.45, 7) is 0. The number of aromatic nitrogens is 4. The fraction of sp³-hybridized carbons (Fsp3) is 0. The average molecular weight is 673 g/mol. The third-order valence-electron chi connectivity index (χ3n) is 9.55. The van der Waals surface area contributed by atoms with E-state index in [1.54, 1.807) is 11.3 Å². The Morgan fingerprint density at radius 1 is 0.412 bits per heavy atom. The summed E-state index contributed by atoms with van der Waals surface area (Å²) in [6, 6.07) is 49.5. The highest BCUT2D eigenvalue weighted by molar-refractivity contribution is 7.26. The fourth-order valence-corrected chi connectivity index (χ4v) is 8.23. The number of oxazole rings is 1. The predicted molar refractivity (Wildman–Crippen MR) is 207 cm³/mol. The third-order valence-corrected chi connectivity index (χ3v) is 10.7. The molecular formula is C44H24N4O2S. The maximum absolute atomic E-state index is 6.36. The molecule has 0 aliphatic carbocycles. The van der Waals surface area contributed by atoms with Crippen LogP contribution in [0.15, 0.2) is 154 Å². The van der Waals surface area contributed by atoms with E-state index in [-0.39, 0.29) is 0 Å². The summed E-state index contributed by atoms with van der Waals surface area (Å²) in [5.74, 6) is 2.40. The highest BCUT2D eigenvalue weighted by Gasteiger charge is 2.19. The van der Waals surface area contributed by atoms with Gasteiger partial charge in [-0.3, -0.25) is 0 Å². The Bertz CT molecular complexity index is 3160. The molecular weight excluding hydrogens is 649 g/mol. The van der Waals surface area contributed by atoms with E-state index in [0.29, 0.717) is 23.4 Å². The molecule has 4 aromatic heterocycles. The lowest BCUT2D eigenvalue weighted by Crippen LogP contribution is -2.00. The summed E-state index contributed by atoms with van der Waals surface area (Å²) >= 11 is 1.73. The van der Waals surface area contributed by atoms with E-state index in [1.165, 1.54) is 5.39 Å². The van der Waals surface area contributed by atoms with Crippen LogP contribution in [0.4, 0.5) is 0 Å². The van der Waals surface area contributed by atoms with Crippen LogP contribution in [-0.2, 0) is 0 Å². The Morgan fingerprint density at radius 2 is 1.18 bits per heavy atom. The highest BCUT2D eigenvalue weighted by atomic mass is 32.1. The lowest BCUT2D eigenvalue weighted by atomic mass is 10.0. The van der Waals surface area contributed by atoms with Crippen LogP contribution in [0.3, 0.4) is 0 Å². The minimum Gasteiger partial charge on any atom is -0.456 e. The van der Waals surface area contributed by atoms with Gasteiger partial charge in [0.15, 0.2) is 23.1 Å². The molecule has 0 spiro atoms. The predicted octanol–water partition coefficient (Wildman–Crippen LogP) is 12.1. The van der Waals surface area contributed by atoms with E-state index in [4.69, 9.17) is 28.8 Å². The van der Waals surface area contributed by atoms with Gasteiger partial charge in [0.2, 0.25) is 5.89 Å². The molecule has 7 heteroatoms. The molecule has 51 heavy (non-hydrogen) atoms. The number of nitrogens with zero attached hydrogens (tertiary/aromatic N) is 4. The minimum absolute atomic E-state index is 0.580. The number of para-hydroxylation sites is 1. The van der Waals surface area contributed by atoms with Gasteiger partial charge in [-0.2, -0.15) is 0 Å². The minimum atomic E-state index is 0.580. The Morgan fingerprint density at radius 3 is 2.10 bits per heavy atom.